The van der Waals surface area contributed by atoms with Gasteiger partial charge in [0, 0.05) is 6.42 Å². The van der Waals surface area contributed by atoms with Crippen LogP contribution in [-0.2, 0) is 22.6 Å². The summed E-state index contributed by atoms with van der Waals surface area (Å²) in [6, 6.07) is 12.4. The number of benzene rings is 3. The van der Waals surface area contributed by atoms with Gasteiger partial charge in [-0.05, 0) is 47.9 Å². The molecule has 0 spiro atoms. The molecular weight excluding hydrogens is 472 g/mol. The molecule has 3 aromatic carbocycles. The van der Waals surface area contributed by atoms with E-state index in [9.17, 15) is 23.5 Å². The maximum atomic E-state index is 14.1. The summed E-state index contributed by atoms with van der Waals surface area (Å²) in [5.41, 5.74) is 1.95. The number of esters is 1. The summed E-state index contributed by atoms with van der Waals surface area (Å²) in [5, 5.41) is 11.9. The van der Waals surface area contributed by atoms with Gasteiger partial charge in [-0.2, -0.15) is 0 Å². The fourth-order valence-corrected chi connectivity index (χ4v) is 3.77. The highest BCUT2D eigenvalue weighted by Crippen LogP contribution is 2.39. The zero-order valence-electron chi connectivity index (χ0n) is 20.1. The van der Waals surface area contributed by atoms with Crippen molar-refractivity contribution in [3.63, 3.8) is 0 Å². The van der Waals surface area contributed by atoms with Gasteiger partial charge in [0.15, 0.2) is 0 Å². The second kappa shape index (κ2) is 12.1. The van der Waals surface area contributed by atoms with Crippen LogP contribution >= 0.6 is 0 Å². The number of carbonyl (C=O) groups excluding carboxylic acids is 2. The first kappa shape index (κ1) is 26.6. The quantitative estimate of drug-likeness (QED) is 0.409. The topological polar surface area (TPSA) is 94.1 Å². The fraction of sp³-hybridized carbons (Fsp3) is 0.259. The molecule has 0 aliphatic carbocycles. The summed E-state index contributed by atoms with van der Waals surface area (Å²) in [7, 11) is 3.03. The molecule has 0 bridgehead atoms. The van der Waals surface area contributed by atoms with Gasteiger partial charge in [0.2, 0.25) is 0 Å². The van der Waals surface area contributed by atoms with Crippen molar-refractivity contribution in [2.45, 2.75) is 26.0 Å². The number of rotatable bonds is 10. The fourth-order valence-electron chi connectivity index (χ4n) is 3.77. The van der Waals surface area contributed by atoms with Crippen molar-refractivity contribution in [2.24, 2.45) is 0 Å². The van der Waals surface area contributed by atoms with Gasteiger partial charge in [-0.25, -0.2) is 13.6 Å². The summed E-state index contributed by atoms with van der Waals surface area (Å²) in [6.45, 7) is 1.51. The third-order valence-electron chi connectivity index (χ3n) is 5.50. The van der Waals surface area contributed by atoms with Crippen LogP contribution in [0.3, 0.4) is 0 Å². The lowest BCUT2D eigenvalue weighted by Gasteiger charge is -2.19. The molecule has 2 N–H and O–H groups in total. The van der Waals surface area contributed by atoms with Gasteiger partial charge in [0.25, 0.3) is 5.91 Å². The minimum atomic E-state index is -1.17. The van der Waals surface area contributed by atoms with E-state index in [1.54, 1.807) is 43.3 Å². The Morgan fingerprint density at radius 1 is 0.944 bits per heavy atom. The number of amides is 1. The van der Waals surface area contributed by atoms with E-state index in [1.807, 2.05) is 0 Å². The molecule has 0 radical (unpaired) electrons. The molecule has 190 valence electrons. The Morgan fingerprint density at radius 2 is 1.53 bits per heavy atom. The van der Waals surface area contributed by atoms with Crippen LogP contribution in [0.15, 0.2) is 54.6 Å². The molecule has 0 unspecified atom stereocenters. The van der Waals surface area contributed by atoms with Crippen molar-refractivity contribution >= 4 is 11.9 Å². The van der Waals surface area contributed by atoms with Crippen LogP contribution in [0, 0.1) is 11.6 Å². The number of methoxy groups -OCH3 is 2. The van der Waals surface area contributed by atoms with E-state index in [4.69, 9.17) is 14.2 Å². The van der Waals surface area contributed by atoms with E-state index in [0.717, 1.165) is 23.8 Å². The monoisotopic (exact) mass is 499 g/mol. The van der Waals surface area contributed by atoms with E-state index in [1.165, 1.54) is 14.2 Å². The molecular formula is C27H27F2NO6. The lowest BCUT2D eigenvalue weighted by Crippen LogP contribution is -2.44. The highest BCUT2D eigenvalue weighted by Gasteiger charge is 2.26. The Labute approximate surface area is 207 Å². The number of halogens is 2. The molecule has 9 heteroatoms. The van der Waals surface area contributed by atoms with Crippen LogP contribution in [0.25, 0.3) is 11.1 Å². The van der Waals surface area contributed by atoms with Gasteiger partial charge >= 0.3 is 5.97 Å². The molecule has 36 heavy (non-hydrogen) atoms. The largest absolute Gasteiger partial charge is 0.496 e. The van der Waals surface area contributed by atoms with Gasteiger partial charge in [-0.3, -0.25) is 4.79 Å². The predicted molar refractivity (Wildman–Crippen MR) is 129 cm³/mol. The van der Waals surface area contributed by atoms with Gasteiger partial charge in [0.05, 0.1) is 33.0 Å². The van der Waals surface area contributed by atoms with Gasteiger partial charge in [-0.1, -0.05) is 30.3 Å². The van der Waals surface area contributed by atoms with Crippen LogP contribution in [0.1, 0.15) is 28.4 Å². The molecule has 0 heterocycles. The average molecular weight is 500 g/mol. The standard InChI is InChI=1S/C27H27F2NO6/c1-4-36-27(33)21(30-26(32)25-19(28)6-5-7-20(25)29)12-16-8-10-18(11-9-16)24-22(34-2)13-17(15-31)14-23(24)35-3/h5-11,13-14,21,31H,4,12,15H2,1-3H3,(H,30,32)/t21-/m0/s1. The smallest absolute Gasteiger partial charge is 0.328 e. The Kier molecular flexibility index (Phi) is 8.97. The lowest BCUT2D eigenvalue weighted by atomic mass is 9.98. The SMILES string of the molecule is CCOC(=O)[C@H](Cc1ccc(-c2c(OC)cc(CO)cc2OC)cc1)NC(=O)c1c(F)cccc1F. The van der Waals surface area contributed by atoms with Gasteiger partial charge in [-0.15, -0.1) is 0 Å². The number of hydrogen-bond donors (Lipinski definition) is 2. The van der Waals surface area contributed by atoms with Crippen molar-refractivity contribution in [3.05, 3.63) is 82.9 Å². The van der Waals surface area contributed by atoms with Crippen molar-refractivity contribution in [2.75, 3.05) is 20.8 Å². The zero-order valence-corrected chi connectivity index (χ0v) is 20.1. The van der Waals surface area contributed by atoms with Crippen LogP contribution in [0.5, 0.6) is 11.5 Å². The second-order valence-corrected chi connectivity index (χ2v) is 7.81. The number of hydrogen-bond acceptors (Lipinski definition) is 6. The van der Waals surface area contributed by atoms with Crippen LogP contribution < -0.4 is 14.8 Å². The molecule has 1 atom stereocenters. The van der Waals surface area contributed by atoms with E-state index in [-0.39, 0.29) is 19.6 Å². The first-order chi connectivity index (χ1) is 17.3. The van der Waals surface area contributed by atoms with Crippen molar-refractivity contribution < 1.29 is 37.7 Å². The maximum absolute atomic E-state index is 14.1. The Morgan fingerprint density at radius 3 is 2.03 bits per heavy atom. The molecule has 0 saturated carbocycles. The molecule has 0 fully saturated rings. The Balaban J connectivity index is 1.88. The number of nitrogens with one attached hydrogen (secondary N) is 1. The predicted octanol–water partition coefficient (Wildman–Crippen LogP) is 4.05. The highest BCUT2D eigenvalue weighted by atomic mass is 19.1. The first-order valence-electron chi connectivity index (χ1n) is 11.2. The molecule has 0 saturated heterocycles. The number of aliphatic hydroxyl groups is 1. The first-order valence-corrected chi connectivity index (χ1v) is 11.2. The summed E-state index contributed by atoms with van der Waals surface area (Å²) in [4.78, 5) is 25.1. The zero-order chi connectivity index (χ0) is 26.2. The number of carbonyl (C=O) groups is 2. The van der Waals surface area contributed by atoms with E-state index in [2.05, 4.69) is 5.32 Å². The second-order valence-electron chi connectivity index (χ2n) is 7.81. The van der Waals surface area contributed by atoms with Crippen LogP contribution in [0.2, 0.25) is 0 Å². The Bertz CT molecular complexity index is 1180. The third-order valence-corrected chi connectivity index (χ3v) is 5.50. The van der Waals surface area contributed by atoms with Crippen molar-refractivity contribution in [3.8, 4) is 22.6 Å². The van der Waals surface area contributed by atoms with Gasteiger partial charge in [0.1, 0.15) is 34.7 Å². The Hall–Kier alpha value is -3.98. The van der Waals surface area contributed by atoms with Crippen molar-refractivity contribution in [1.82, 2.24) is 5.32 Å². The van der Waals surface area contributed by atoms with Gasteiger partial charge < -0.3 is 24.6 Å². The van der Waals surface area contributed by atoms with Crippen molar-refractivity contribution in [1.29, 1.82) is 0 Å². The van der Waals surface area contributed by atoms with E-state index >= 15 is 0 Å². The molecule has 3 aromatic rings. The lowest BCUT2D eigenvalue weighted by molar-refractivity contribution is -0.145. The minimum Gasteiger partial charge on any atom is -0.496 e. The molecule has 0 aliphatic heterocycles. The van der Waals surface area contributed by atoms with E-state index in [0.29, 0.717) is 28.2 Å². The normalized spacial score (nSPS) is 11.5. The average Bonchev–Trinajstić information content (AvgIpc) is 2.88. The highest BCUT2D eigenvalue weighted by molar-refractivity contribution is 5.97. The number of ether oxygens (including phenoxy) is 3. The van der Waals surface area contributed by atoms with Crippen LogP contribution in [-0.4, -0.2) is 43.9 Å². The third kappa shape index (κ3) is 5.98. The summed E-state index contributed by atoms with van der Waals surface area (Å²) >= 11 is 0. The molecule has 0 aliphatic rings. The molecule has 3 rings (SSSR count). The summed E-state index contributed by atoms with van der Waals surface area (Å²) in [6.07, 6.45) is 0.0264. The maximum Gasteiger partial charge on any atom is 0.328 e. The summed E-state index contributed by atoms with van der Waals surface area (Å²) < 4.78 is 44.1. The minimum absolute atomic E-state index is 0.0264. The molecule has 7 nitrogen and oxygen atoms in total. The van der Waals surface area contributed by atoms with Crippen LogP contribution in [0.4, 0.5) is 8.78 Å². The summed E-state index contributed by atoms with van der Waals surface area (Å²) in [5.74, 6) is -2.83. The van der Waals surface area contributed by atoms with E-state index < -0.39 is 35.1 Å². The molecule has 0 aromatic heterocycles. The number of aliphatic hydroxyl groups excluding tert-OH is 1. The molecule has 1 amide bonds.